The van der Waals surface area contributed by atoms with Gasteiger partial charge in [-0.15, -0.1) is 0 Å². The van der Waals surface area contributed by atoms with Crippen LogP contribution in [0.4, 0.5) is 10.1 Å². The maximum atomic E-state index is 13.0. The maximum Gasteiger partial charge on any atom is 0.229 e. The van der Waals surface area contributed by atoms with Gasteiger partial charge in [-0.25, -0.2) is 12.8 Å². The molecule has 0 aliphatic carbocycles. The Morgan fingerprint density at radius 2 is 1.82 bits per heavy atom. The van der Waals surface area contributed by atoms with Crippen LogP contribution in [-0.2, 0) is 10.0 Å². The fourth-order valence-electron chi connectivity index (χ4n) is 1.80. The standard InChI is InChI=1S/C14H10BrClFNO3S/c1-22(20,21)18-9-3-5-10(12(15)7-9)14(19)11-4-2-8(17)6-13(11)16/h2-7,18H,1H3. The Kier molecular flexibility index (Phi) is 4.89. The van der Waals surface area contributed by atoms with Crippen molar-refractivity contribution in [3.63, 3.8) is 0 Å². The molecule has 2 rings (SSSR count). The fourth-order valence-corrected chi connectivity index (χ4v) is 3.16. The molecule has 0 fully saturated rings. The van der Waals surface area contributed by atoms with E-state index >= 15 is 0 Å². The van der Waals surface area contributed by atoms with Crippen LogP contribution in [-0.4, -0.2) is 20.5 Å². The fraction of sp³-hybridized carbons (Fsp3) is 0.0714. The van der Waals surface area contributed by atoms with Crippen LogP contribution in [0.5, 0.6) is 0 Å². The first-order valence-electron chi connectivity index (χ1n) is 5.94. The van der Waals surface area contributed by atoms with Gasteiger partial charge in [0.2, 0.25) is 10.0 Å². The van der Waals surface area contributed by atoms with E-state index in [0.717, 1.165) is 18.4 Å². The van der Waals surface area contributed by atoms with E-state index in [1.807, 2.05) is 0 Å². The quantitative estimate of drug-likeness (QED) is 0.785. The second-order valence-electron chi connectivity index (χ2n) is 4.52. The molecule has 0 unspecified atom stereocenters. The van der Waals surface area contributed by atoms with Crippen LogP contribution in [0.2, 0.25) is 5.02 Å². The molecule has 8 heteroatoms. The zero-order valence-electron chi connectivity index (χ0n) is 11.2. The van der Waals surface area contributed by atoms with Gasteiger partial charge >= 0.3 is 0 Å². The second kappa shape index (κ2) is 6.36. The number of halogens is 3. The van der Waals surface area contributed by atoms with Crippen molar-refractivity contribution in [2.24, 2.45) is 0 Å². The molecule has 0 heterocycles. The van der Waals surface area contributed by atoms with Crippen molar-refractivity contribution < 1.29 is 17.6 Å². The number of carbonyl (C=O) groups is 1. The van der Waals surface area contributed by atoms with Gasteiger partial charge in [-0.2, -0.15) is 0 Å². The van der Waals surface area contributed by atoms with E-state index < -0.39 is 21.6 Å². The number of hydrogen-bond donors (Lipinski definition) is 1. The minimum Gasteiger partial charge on any atom is -0.289 e. The summed E-state index contributed by atoms with van der Waals surface area (Å²) in [6.07, 6.45) is 1.03. The van der Waals surface area contributed by atoms with Crippen LogP contribution in [0, 0.1) is 5.82 Å². The molecule has 2 aromatic rings. The first-order valence-corrected chi connectivity index (χ1v) is 9.01. The Bertz CT molecular complexity index is 855. The van der Waals surface area contributed by atoms with E-state index in [-0.39, 0.29) is 16.1 Å². The Morgan fingerprint density at radius 3 is 2.36 bits per heavy atom. The molecule has 0 saturated carbocycles. The van der Waals surface area contributed by atoms with Gasteiger partial charge in [0.25, 0.3) is 0 Å². The highest BCUT2D eigenvalue weighted by atomic mass is 79.9. The molecule has 0 aliphatic rings. The van der Waals surface area contributed by atoms with Gasteiger partial charge in [0.05, 0.1) is 11.3 Å². The van der Waals surface area contributed by atoms with Crippen LogP contribution < -0.4 is 4.72 Å². The number of carbonyl (C=O) groups excluding carboxylic acids is 1. The number of ketones is 1. The molecule has 0 spiro atoms. The van der Waals surface area contributed by atoms with Crippen LogP contribution >= 0.6 is 27.5 Å². The summed E-state index contributed by atoms with van der Waals surface area (Å²) < 4.78 is 38.1. The van der Waals surface area contributed by atoms with Crippen LogP contribution in [0.25, 0.3) is 0 Å². The molecule has 116 valence electrons. The highest BCUT2D eigenvalue weighted by Gasteiger charge is 2.17. The van der Waals surface area contributed by atoms with Gasteiger partial charge in [-0.05, 0) is 52.3 Å². The predicted octanol–water partition coefficient (Wildman–Crippen LogP) is 3.84. The first-order chi connectivity index (χ1) is 10.2. The Morgan fingerprint density at radius 1 is 1.18 bits per heavy atom. The van der Waals surface area contributed by atoms with Gasteiger partial charge in [0.15, 0.2) is 5.78 Å². The van der Waals surface area contributed by atoms with Crippen LogP contribution in [0.1, 0.15) is 15.9 Å². The Labute approximate surface area is 140 Å². The molecule has 4 nitrogen and oxygen atoms in total. The van der Waals surface area contributed by atoms with Crippen LogP contribution in [0.15, 0.2) is 40.9 Å². The summed E-state index contributed by atoms with van der Waals surface area (Å²) in [7, 11) is -3.41. The minimum atomic E-state index is -3.41. The summed E-state index contributed by atoms with van der Waals surface area (Å²) in [6.45, 7) is 0. The van der Waals surface area contributed by atoms with Crippen molar-refractivity contribution in [1.82, 2.24) is 0 Å². The summed E-state index contributed by atoms with van der Waals surface area (Å²) in [6, 6.07) is 7.88. The average Bonchev–Trinajstić information content (AvgIpc) is 2.36. The summed E-state index contributed by atoms with van der Waals surface area (Å²) in [4.78, 5) is 12.4. The van der Waals surface area contributed by atoms with Crippen LogP contribution in [0.3, 0.4) is 0 Å². The third-order valence-corrected chi connectivity index (χ3v) is 4.27. The smallest absolute Gasteiger partial charge is 0.229 e. The molecule has 1 N–H and O–H groups in total. The van der Waals surface area contributed by atoms with Gasteiger partial charge in [-0.3, -0.25) is 9.52 Å². The Hall–Kier alpha value is -1.44. The molecule has 0 bridgehead atoms. The SMILES string of the molecule is CS(=O)(=O)Nc1ccc(C(=O)c2ccc(F)cc2Cl)c(Br)c1. The van der Waals surface area contributed by atoms with Crippen molar-refractivity contribution in [2.75, 3.05) is 11.0 Å². The monoisotopic (exact) mass is 405 g/mol. The predicted molar refractivity (Wildman–Crippen MR) is 87.5 cm³/mol. The lowest BCUT2D eigenvalue weighted by Gasteiger charge is -2.09. The number of anilines is 1. The van der Waals surface area contributed by atoms with E-state index in [1.165, 1.54) is 24.3 Å². The molecule has 22 heavy (non-hydrogen) atoms. The summed E-state index contributed by atoms with van der Waals surface area (Å²) in [5.41, 5.74) is 0.760. The highest BCUT2D eigenvalue weighted by molar-refractivity contribution is 9.10. The van der Waals surface area contributed by atoms with Gasteiger partial charge < -0.3 is 0 Å². The van der Waals surface area contributed by atoms with Crippen molar-refractivity contribution >= 4 is 49.0 Å². The van der Waals surface area contributed by atoms with Crippen molar-refractivity contribution in [1.29, 1.82) is 0 Å². The lowest BCUT2D eigenvalue weighted by molar-refractivity contribution is 0.103. The topological polar surface area (TPSA) is 63.2 Å². The lowest BCUT2D eigenvalue weighted by atomic mass is 10.0. The number of hydrogen-bond acceptors (Lipinski definition) is 3. The number of benzene rings is 2. The first kappa shape index (κ1) is 16.9. The molecule has 2 aromatic carbocycles. The summed E-state index contributed by atoms with van der Waals surface area (Å²) >= 11 is 9.10. The highest BCUT2D eigenvalue weighted by Crippen LogP contribution is 2.27. The van der Waals surface area contributed by atoms with Gasteiger partial charge in [0, 0.05) is 21.3 Å². The Balaban J connectivity index is 2.38. The summed E-state index contributed by atoms with van der Waals surface area (Å²) in [5, 5.41) is 0.00948. The second-order valence-corrected chi connectivity index (χ2v) is 7.53. The van der Waals surface area contributed by atoms with Crippen molar-refractivity contribution in [3.8, 4) is 0 Å². The third-order valence-electron chi connectivity index (χ3n) is 2.69. The van der Waals surface area contributed by atoms with Gasteiger partial charge in [0.1, 0.15) is 5.82 Å². The average molecular weight is 407 g/mol. The van der Waals surface area contributed by atoms with Crippen molar-refractivity contribution in [3.05, 3.63) is 62.8 Å². The zero-order chi connectivity index (χ0) is 16.5. The summed E-state index contributed by atoms with van der Waals surface area (Å²) in [5.74, 6) is -0.934. The van der Waals surface area contributed by atoms with E-state index in [1.54, 1.807) is 0 Å². The van der Waals surface area contributed by atoms with Crippen molar-refractivity contribution in [2.45, 2.75) is 0 Å². The van der Waals surface area contributed by atoms with E-state index in [9.17, 15) is 17.6 Å². The number of nitrogens with one attached hydrogen (secondary N) is 1. The molecule has 0 radical (unpaired) electrons. The molecule has 0 atom stereocenters. The normalized spacial score (nSPS) is 11.3. The molecule has 0 saturated heterocycles. The van der Waals surface area contributed by atoms with Gasteiger partial charge in [-0.1, -0.05) is 11.6 Å². The van der Waals surface area contributed by atoms with E-state index in [0.29, 0.717) is 10.2 Å². The molecule has 0 aromatic heterocycles. The molecule has 0 amide bonds. The van der Waals surface area contributed by atoms with E-state index in [4.69, 9.17) is 11.6 Å². The minimum absolute atomic E-state index is 0.00948. The maximum absolute atomic E-state index is 13.0. The largest absolute Gasteiger partial charge is 0.289 e. The molecule has 0 aliphatic heterocycles. The molecular weight excluding hydrogens is 397 g/mol. The third kappa shape index (κ3) is 4.06. The zero-order valence-corrected chi connectivity index (χ0v) is 14.4. The molecular formula is C14H10BrClFNO3S. The number of sulfonamides is 1. The number of rotatable bonds is 4. The lowest BCUT2D eigenvalue weighted by Crippen LogP contribution is -2.10. The van der Waals surface area contributed by atoms with E-state index in [2.05, 4.69) is 20.7 Å².